The van der Waals surface area contributed by atoms with Crippen molar-refractivity contribution in [1.29, 1.82) is 0 Å². The van der Waals surface area contributed by atoms with E-state index < -0.39 is 24.4 Å². The van der Waals surface area contributed by atoms with E-state index in [-0.39, 0.29) is 17.7 Å². The third-order valence-corrected chi connectivity index (χ3v) is 3.19. The van der Waals surface area contributed by atoms with E-state index in [0.29, 0.717) is 0 Å². The maximum absolute atomic E-state index is 11.8. The lowest BCUT2D eigenvalue weighted by Gasteiger charge is -2.18. The Balaban J connectivity index is 2.57. The molecule has 0 spiro atoms. The van der Waals surface area contributed by atoms with Crippen molar-refractivity contribution in [1.82, 2.24) is 5.32 Å². The second kappa shape index (κ2) is 5.65. The van der Waals surface area contributed by atoms with Crippen molar-refractivity contribution in [3.63, 3.8) is 0 Å². The molecule has 6 nitrogen and oxygen atoms in total. The fourth-order valence-corrected chi connectivity index (χ4v) is 2.19. The minimum absolute atomic E-state index is 0.189. The van der Waals surface area contributed by atoms with Gasteiger partial charge in [-0.15, -0.1) is 0 Å². The normalized spacial score (nSPS) is 25.2. The first kappa shape index (κ1) is 13.5. The summed E-state index contributed by atoms with van der Waals surface area (Å²) in [6, 6.07) is -1.34. The highest BCUT2D eigenvalue weighted by Crippen LogP contribution is 2.31. The van der Waals surface area contributed by atoms with Crippen molar-refractivity contribution < 1.29 is 24.6 Å². The van der Waals surface area contributed by atoms with Crippen molar-refractivity contribution in [2.75, 3.05) is 0 Å². The van der Waals surface area contributed by atoms with E-state index in [9.17, 15) is 14.4 Å². The quantitative estimate of drug-likeness (QED) is 0.651. The standard InChI is InChI=1S/C11H17NO5/c1-6-3-2-4-7(6)10(15)12-8(11(16)17)5-9(13)14/h6-8H,2-5H2,1H3,(H,12,15)(H,13,14)(H,16,17)/t6?,7?,8-/m0/s1. The molecule has 0 aromatic heterocycles. The monoisotopic (exact) mass is 243 g/mol. The van der Waals surface area contributed by atoms with Gasteiger partial charge in [-0.25, -0.2) is 4.79 Å². The van der Waals surface area contributed by atoms with Crippen LogP contribution in [0.3, 0.4) is 0 Å². The minimum Gasteiger partial charge on any atom is -0.481 e. The molecule has 96 valence electrons. The van der Waals surface area contributed by atoms with Crippen LogP contribution in [0.4, 0.5) is 0 Å². The number of amides is 1. The second-order valence-corrected chi connectivity index (χ2v) is 4.51. The molecule has 0 aliphatic heterocycles. The van der Waals surface area contributed by atoms with Crippen molar-refractivity contribution in [2.45, 2.75) is 38.6 Å². The fraction of sp³-hybridized carbons (Fsp3) is 0.727. The van der Waals surface area contributed by atoms with Crippen LogP contribution < -0.4 is 5.32 Å². The number of carboxylic acids is 2. The molecule has 0 heterocycles. The van der Waals surface area contributed by atoms with Crippen molar-refractivity contribution in [3.8, 4) is 0 Å². The number of carboxylic acid groups (broad SMARTS) is 2. The second-order valence-electron chi connectivity index (χ2n) is 4.51. The minimum atomic E-state index is -1.34. The van der Waals surface area contributed by atoms with Gasteiger partial charge in [-0.1, -0.05) is 13.3 Å². The molecule has 3 N–H and O–H groups in total. The molecule has 1 rings (SSSR count). The van der Waals surface area contributed by atoms with Crippen molar-refractivity contribution >= 4 is 17.8 Å². The first-order valence-corrected chi connectivity index (χ1v) is 5.66. The number of nitrogens with one attached hydrogen (secondary N) is 1. The average Bonchev–Trinajstić information content (AvgIpc) is 2.62. The molecule has 0 aromatic carbocycles. The molecule has 1 amide bonds. The third-order valence-electron chi connectivity index (χ3n) is 3.19. The van der Waals surface area contributed by atoms with E-state index in [0.717, 1.165) is 19.3 Å². The van der Waals surface area contributed by atoms with E-state index in [2.05, 4.69) is 5.32 Å². The highest BCUT2D eigenvalue weighted by Gasteiger charge is 2.32. The van der Waals surface area contributed by atoms with Crippen molar-refractivity contribution in [3.05, 3.63) is 0 Å². The summed E-state index contributed by atoms with van der Waals surface area (Å²) >= 11 is 0. The van der Waals surface area contributed by atoms with Crippen LogP contribution in [0, 0.1) is 11.8 Å². The van der Waals surface area contributed by atoms with Crippen LogP contribution in [0.2, 0.25) is 0 Å². The summed E-state index contributed by atoms with van der Waals surface area (Å²) in [5.41, 5.74) is 0. The SMILES string of the molecule is CC1CCCC1C(=O)N[C@@H](CC(=O)O)C(=O)O. The average molecular weight is 243 g/mol. The van der Waals surface area contributed by atoms with Crippen LogP contribution >= 0.6 is 0 Å². The number of aliphatic carboxylic acids is 2. The van der Waals surface area contributed by atoms with E-state index in [1.807, 2.05) is 6.92 Å². The van der Waals surface area contributed by atoms with Gasteiger partial charge in [0, 0.05) is 5.92 Å². The molecule has 0 bridgehead atoms. The van der Waals surface area contributed by atoms with E-state index in [4.69, 9.17) is 10.2 Å². The molecular formula is C11H17NO5. The molecule has 0 aromatic rings. The molecule has 1 fully saturated rings. The van der Waals surface area contributed by atoms with Gasteiger partial charge in [0.2, 0.25) is 5.91 Å². The molecule has 1 saturated carbocycles. The zero-order valence-electron chi connectivity index (χ0n) is 9.68. The Morgan fingerprint density at radius 3 is 2.35 bits per heavy atom. The summed E-state index contributed by atoms with van der Waals surface area (Å²) in [5, 5.41) is 19.7. The van der Waals surface area contributed by atoms with Gasteiger partial charge in [0.25, 0.3) is 0 Å². The number of carbonyl (C=O) groups excluding carboxylic acids is 1. The highest BCUT2D eigenvalue weighted by atomic mass is 16.4. The van der Waals surface area contributed by atoms with E-state index in [1.165, 1.54) is 0 Å². The molecule has 6 heteroatoms. The first-order chi connectivity index (χ1) is 7.91. The van der Waals surface area contributed by atoms with Gasteiger partial charge in [-0.05, 0) is 18.8 Å². The maximum Gasteiger partial charge on any atom is 0.326 e. The topological polar surface area (TPSA) is 104 Å². The zero-order valence-corrected chi connectivity index (χ0v) is 9.68. The van der Waals surface area contributed by atoms with Crippen LogP contribution in [0.5, 0.6) is 0 Å². The van der Waals surface area contributed by atoms with Gasteiger partial charge >= 0.3 is 11.9 Å². The summed E-state index contributed by atoms with van der Waals surface area (Å²) in [4.78, 5) is 33.0. The first-order valence-electron chi connectivity index (χ1n) is 5.66. The van der Waals surface area contributed by atoms with Gasteiger partial charge in [-0.2, -0.15) is 0 Å². The molecule has 2 unspecified atom stereocenters. The van der Waals surface area contributed by atoms with E-state index >= 15 is 0 Å². The Morgan fingerprint density at radius 1 is 1.29 bits per heavy atom. The number of hydrogen-bond acceptors (Lipinski definition) is 3. The lowest BCUT2D eigenvalue weighted by molar-refractivity contribution is -0.147. The Labute approximate surface area is 99.0 Å². The molecular weight excluding hydrogens is 226 g/mol. The summed E-state index contributed by atoms with van der Waals surface area (Å²) in [7, 11) is 0. The molecule has 17 heavy (non-hydrogen) atoms. The largest absolute Gasteiger partial charge is 0.481 e. The molecule has 3 atom stereocenters. The van der Waals surface area contributed by atoms with E-state index in [1.54, 1.807) is 0 Å². The van der Waals surface area contributed by atoms with Crippen LogP contribution in [0.15, 0.2) is 0 Å². The Bertz CT molecular complexity index is 328. The Hall–Kier alpha value is -1.59. The smallest absolute Gasteiger partial charge is 0.326 e. The number of hydrogen-bond donors (Lipinski definition) is 3. The lowest BCUT2D eigenvalue weighted by atomic mass is 9.97. The third kappa shape index (κ3) is 3.72. The van der Waals surface area contributed by atoms with Gasteiger partial charge < -0.3 is 15.5 Å². The predicted octanol–water partition coefficient (Wildman–Crippen LogP) is 0.467. The highest BCUT2D eigenvalue weighted by molar-refractivity contribution is 5.87. The molecule has 0 radical (unpaired) electrons. The van der Waals surface area contributed by atoms with Crippen molar-refractivity contribution in [2.24, 2.45) is 11.8 Å². The lowest BCUT2D eigenvalue weighted by Crippen LogP contribution is -2.45. The van der Waals surface area contributed by atoms with Gasteiger partial charge in [-0.3, -0.25) is 9.59 Å². The van der Waals surface area contributed by atoms with Crippen LogP contribution in [-0.4, -0.2) is 34.1 Å². The van der Waals surface area contributed by atoms with Gasteiger partial charge in [0.1, 0.15) is 6.04 Å². The Kier molecular flexibility index (Phi) is 4.48. The molecule has 1 aliphatic rings. The predicted molar refractivity (Wildman–Crippen MR) is 58.3 cm³/mol. The van der Waals surface area contributed by atoms with Crippen LogP contribution in [-0.2, 0) is 14.4 Å². The van der Waals surface area contributed by atoms with Crippen LogP contribution in [0.1, 0.15) is 32.6 Å². The Morgan fingerprint density at radius 2 is 1.94 bits per heavy atom. The summed E-state index contributed by atoms with van der Waals surface area (Å²) < 4.78 is 0. The summed E-state index contributed by atoms with van der Waals surface area (Å²) in [6.45, 7) is 1.95. The maximum atomic E-state index is 11.8. The summed E-state index contributed by atoms with van der Waals surface area (Å²) in [5.74, 6) is -2.85. The number of rotatable bonds is 5. The summed E-state index contributed by atoms with van der Waals surface area (Å²) in [6.07, 6.45) is 2.05. The van der Waals surface area contributed by atoms with Gasteiger partial charge in [0.05, 0.1) is 6.42 Å². The molecule has 0 saturated heterocycles. The number of carbonyl (C=O) groups is 3. The van der Waals surface area contributed by atoms with Crippen LogP contribution in [0.25, 0.3) is 0 Å². The van der Waals surface area contributed by atoms with Gasteiger partial charge in [0.15, 0.2) is 0 Å². The zero-order chi connectivity index (χ0) is 13.0. The fourth-order valence-electron chi connectivity index (χ4n) is 2.19. The molecule has 1 aliphatic carbocycles.